The molecule has 0 spiro atoms. The number of thioether (sulfide) groups is 1. The SMILES string of the molecule is Cc1cc(C(N)=S)ccc1CN1CCSCC1. The molecule has 4 heteroatoms. The number of aryl methyl sites for hydroxylation is 1. The maximum absolute atomic E-state index is 5.64. The van der Waals surface area contributed by atoms with Crippen LogP contribution in [0.25, 0.3) is 0 Å². The molecule has 1 aromatic rings. The molecule has 1 saturated heterocycles. The minimum Gasteiger partial charge on any atom is -0.389 e. The van der Waals surface area contributed by atoms with E-state index in [0.717, 1.165) is 12.1 Å². The Morgan fingerprint density at radius 2 is 2.12 bits per heavy atom. The maximum Gasteiger partial charge on any atom is 0.103 e. The van der Waals surface area contributed by atoms with E-state index in [1.165, 1.54) is 35.7 Å². The van der Waals surface area contributed by atoms with E-state index in [4.69, 9.17) is 18.0 Å². The Labute approximate surface area is 113 Å². The normalized spacial score (nSPS) is 17.0. The fourth-order valence-corrected chi connectivity index (χ4v) is 3.13. The highest BCUT2D eigenvalue weighted by Gasteiger charge is 2.12. The third-order valence-corrected chi connectivity index (χ3v) is 4.30. The summed E-state index contributed by atoms with van der Waals surface area (Å²) >= 11 is 7.04. The lowest BCUT2D eigenvalue weighted by atomic mass is 10.0. The van der Waals surface area contributed by atoms with E-state index in [-0.39, 0.29) is 0 Å². The number of rotatable bonds is 3. The van der Waals surface area contributed by atoms with E-state index >= 15 is 0 Å². The Morgan fingerprint density at radius 3 is 2.71 bits per heavy atom. The summed E-state index contributed by atoms with van der Waals surface area (Å²) in [6, 6.07) is 6.28. The molecule has 0 unspecified atom stereocenters. The molecule has 17 heavy (non-hydrogen) atoms. The van der Waals surface area contributed by atoms with Crippen molar-refractivity contribution < 1.29 is 0 Å². The summed E-state index contributed by atoms with van der Waals surface area (Å²) in [5, 5.41) is 0. The molecule has 2 nitrogen and oxygen atoms in total. The monoisotopic (exact) mass is 266 g/mol. The number of thiocarbonyl (C=S) groups is 1. The van der Waals surface area contributed by atoms with E-state index in [0.29, 0.717) is 4.99 Å². The molecule has 0 saturated carbocycles. The van der Waals surface area contributed by atoms with Crippen LogP contribution in [0.5, 0.6) is 0 Å². The van der Waals surface area contributed by atoms with Crippen molar-refractivity contribution >= 4 is 29.0 Å². The number of nitrogens with zero attached hydrogens (tertiary/aromatic N) is 1. The molecule has 0 bridgehead atoms. The maximum atomic E-state index is 5.64. The first kappa shape index (κ1) is 12.9. The molecular weight excluding hydrogens is 248 g/mol. The zero-order chi connectivity index (χ0) is 12.3. The Kier molecular flexibility index (Phi) is 4.42. The van der Waals surface area contributed by atoms with Crippen molar-refractivity contribution in [3.63, 3.8) is 0 Å². The van der Waals surface area contributed by atoms with Crippen LogP contribution < -0.4 is 5.73 Å². The fourth-order valence-electron chi connectivity index (χ4n) is 2.03. The van der Waals surface area contributed by atoms with Gasteiger partial charge >= 0.3 is 0 Å². The van der Waals surface area contributed by atoms with Crippen LogP contribution >= 0.6 is 24.0 Å². The van der Waals surface area contributed by atoms with Crippen molar-refractivity contribution in [2.45, 2.75) is 13.5 Å². The molecule has 1 aliphatic heterocycles. The number of benzene rings is 1. The zero-order valence-electron chi connectivity index (χ0n) is 10.1. The van der Waals surface area contributed by atoms with Crippen LogP contribution in [0.2, 0.25) is 0 Å². The van der Waals surface area contributed by atoms with Gasteiger partial charge in [-0.3, -0.25) is 4.90 Å². The van der Waals surface area contributed by atoms with E-state index in [1.54, 1.807) is 0 Å². The highest BCUT2D eigenvalue weighted by molar-refractivity contribution is 7.99. The molecule has 0 atom stereocenters. The van der Waals surface area contributed by atoms with Crippen LogP contribution in [0.4, 0.5) is 0 Å². The number of hydrogen-bond acceptors (Lipinski definition) is 3. The Balaban J connectivity index is 2.08. The lowest BCUT2D eigenvalue weighted by Crippen LogP contribution is -2.32. The van der Waals surface area contributed by atoms with Gasteiger partial charge in [0.15, 0.2) is 0 Å². The van der Waals surface area contributed by atoms with Crippen LogP contribution in [0, 0.1) is 6.92 Å². The Bertz CT molecular complexity index is 412. The lowest BCUT2D eigenvalue weighted by Gasteiger charge is -2.26. The van der Waals surface area contributed by atoms with Gasteiger partial charge in [0.2, 0.25) is 0 Å². The molecule has 0 radical (unpaired) electrons. The van der Waals surface area contributed by atoms with Crippen molar-refractivity contribution in [2.24, 2.45) is 5.73 Å². The topological polar surface area (TPSA) is 29.3 Å². The van der Waals surface area contributed by atoms with Gasteiger partial charge in [-0.25, -0.2) is 0 Å². The van der Waals surface area contributed by atoms with Gasteiger partial charge in [-0.05, 0) is 24.1 Å². The van der Waals surface area contributed by atoms with Crippen LogP contribution in [0.1, 0.15) is 16.7 Å². The zero-order valence-corrected chi connectivity index (χ0v) is 11.7. The van der Waals surface area contributed by atoms with Gasteiger partial charge in [0.1, 0.15) is 4.99 Å². The summed E-state index contributed by atoms with van der Waals surface area (Å²) in [7, 11) is 0. The largest absolute Gasteiger partial charge is 0.389 e. The van der Waals surface area contributed by atoms with Gasteiger partial charge < -0.3 is 5.73 Å². The standard InChI is InChI=1S/C13H18N2S2/c1-10-8-11(13(14)16)2-3-12(10)9-15-4-6-17-7-5-15/h2-3,8H,4-7,9H2,1H3,(H2,14,16). The highest BCUT2D eigenvalue weighted by atomic mass is 32.2. The van der Waals surface area contributed by atoms with Gasteiger partial charge in [0.05, 0.1) is 0 Å². The van der Waals surface area contributed by atoms with Crippen molar-refractivity contribution in [1.82, 2.24) is 4.90 Å². The van der Waals surface area contributed by atoms with E-state index in [2.05, 4.69) is 24.0 Å². The number of nitrogens with two attached hydrogens (primary N) is 1. The van der Waals surface area contributed by atoms with E-state index in [1.807, 2.05) is 17.8 Å². The third-order valence-electron chi connectivity index (χ3n) is 3.12. The minimum absolute atomic E-state index is 0.481. The smallest absolute Gasteiger partial charge is 0.103 e. The molecule has 0 amide bonds. The Morgan fingerprint density at radius 1 is 1.41 bits per heavy atom. The summed E-state index contributed by atoms with van der Waals surface area (Å²) < 4.78 is 0. The molecule has 92 valence electrons. The van der Waals surface area contributed by atoms with Crippen LogP contribution in [-0.4, -0.2) is 34.5 Å². The second kappa shape index (κ2) is 5.85. The van der Waals surface area contributed by atoms with Gasteiger partial charge in [-0.2, -0.15) is 11.8 Å². The predicted octanol–water partition coefficient (Wildman–Crippen LogP) is 2.18. The average Bonchev–Trinajstić information content (AvgIpc) is 2.33. The first-order chi connectivity index (χ1) is 8.16. The quantitative estimate of drug-likeness (QED) is 0.849. The minimum atomic E-state index is 0.481. The van der Waals surface area contributed by atoms with E-state index < -0.39 is 0 Å². The van der Waals surface area contributed by atoms with Crippen molar-refractivity contribution in [1.29, 1.82) is 0 Å². The van der Waals surface area contributed by atoms with Crippen LogP contribution in [-0.2, 0) is 6.54 Å². The summed E-state index contributed by atoms with van der Waals surface area (Å²) in [4.78, 5) is 2.99. The first-order valence-electron chi connectivity index (χ1n) is 5.86. The van der Waals surface area contributed by atoms with Gasteiger partial charge in [0, 0.05) is 36.7 Å². The van der Waals surface area contributed by atoms with Gasteiger partial charge in [-0.1, -0.05) is 24.4 Å². The van der Waals surface area contributed by atoms with Crippen molar-refractivity contribution in [3.8, 4) is 0 Å². The summed E-state index contributed by atoms with van der Waals surface area (Å²) in [5.74, 6) is 2.51. The third kappa shape index (κ3) is 3.44. The molecule has 1 fully saturated rings. The van der Waals surface area contributed by atoms with Crippen molar-refractivity contribution in [2.75, 3.05) is 24.6 Å². The second-order valence-electron chi connectivity index (χ2n) is 4.39. The summed E-state index contributed by atoms with van der Waals surface area (Å²) in [6.45, 7) is 5.57. The van der Waals surface area contributed by atoms with Gasteiger partial charge in [0.25, 0.3) is 0 Å². The summed E-state index contributed by atoms with van der Waals surface area (Å²) in [6.07, 6.45) is 0. The van der Waals surface area contributed by atoms with Crippen molar-refractivity contribution in [3.05, 3.63) is 34.9 Å². The van der Waals surface area contributed by atoms with Crippen LogP contribution in [0.15, 0.2) is 18.2 Å². The highest BCUT2D eigenvalue weighted by Crippen LogP contribution is 2.16. The predicted molar refractivity (Wildman–Crippen MR) is 79.7 cm³/mol. The molecule has 1 heterocycles. The molecule has 0 aliphatic carbocycles. The molecule has 1 aromatic carbocycles. The number of hydrogen-bond donors (Lipinski definition) is 1. The average molecular weight is 266 g/mol. The fraction of sp³-hybridized carbons (Fsp3) is 0.462. The lowest BCUT2D eigenvalue weighted by molar-refractivity contribution is 0.294. The Hall–Kier alpha value is -0.580. The van der Waals surface area contributed by atoms with Crippen LogP contribution in [0.3, 0.4) is 0 Å². The molecular formula is C13H18N2S2. The second-order valence-corrected chi connectivity index (χ2v) is 6.06. The molecule has 2 N–H and O–H groups in total. The van der Waals surface area contributed by atoms with Gasteiger partial charge in [-0.15, -0.1) is 0 Å². The van der Waals surface area contributed by atoms with E-state index in [9.17, 15) is 0 Å². The molecule has 2 rings (SSSR count). The summed E-state index contributed by atoms with van der Waals surface area (Å²) in [5.41, 5.74) is 9.27. The first-order valence-corrected chi connectivity index (χ1v) is 7.42. The molecule has 0 aromatic heterocycles. The molecule has 1 aliphatic rings.